The van der Waals surface area contributed by atoms with Gasteiger partial charge in [-0.15, -0.1) is 0 Å². The molecule has 0 saturated carbocycles. The highest BCUT2D eigenvalue weighted by Gasteiger charge is 2.06. The van der Waals surface area contributed by atoms with Crippen molar-refractivity contribution in [3.8, 4) is 0 Å². The van der Waals surface area contributed by atoms with Crippen LogP contribution >= 0.6 is 0 Å². The number of aliphatic hydroxyl groups excluding tert-OH is 1. The Kier molecular flexibility index (Phi) is 5.31. The molecule has 5 heteroatoms. The fourth-order valence-electron chi connectivity index (χ4n) is 1.24. The van der Waals surface area contributed by atoms with Gasteiger partial charge < -0.3 is 19.1 Å². The first-order chi connectivity index (χ1) is 7.24. The summed E-state index contributed by atoms with van der Waals surface area (Å²) in [6.45, 7) is 3.80. The Bertz CT molecular complexity index is 275. The van der Waals surface area contributed by atoms with Gasteiger partial charge in [-0.3, -0.25) is 0 Å². The van der Waals surface area contributed by atoms with Crippen molar-refractivity contribution in [2.45, 2.75) is 19.6 Å². The highest BCUT2D eigenvalue weighted by Crippen LogP contribution is 1.98. The molecule has 86 valence electrons. The minimum absolute atomic E-state index is 0.320. The van der Waals surface area contributed by atoms with Crippen LogP contribution in [0.25, 0.3) is 0 Å². The number of ether oxygens (including phenoxy) is 2. The van der Waals surface area contributed by atoms with Gasteiger partial charge in [-0.05, 0) is 6.92 Å². The average molecular weight is 214 g/mol. The minimum Gasteiger partial charge on any atom is -0.389 e. The highest BCUT2D eigenvalue weighted by atomic mass is 16.5. The molecule has 0 spiro atoms. The van der Waals surface area contributed by atoms with E-state index in [1.807, 2.05) is 17.7 Å². The van der Waals surface area contributed by atoms with E-state index in [1.54, 1.807) is 13.3 Å². The van der Waals surface area contributed by atoms with Crippen LogP contribution in [0.1, 0.15) is 5.82 Å². The molecule has 0 radical (unpaired) electrons. The van der Waals surface area contributed by atoms with Crippen molar-refractivity contribution in [3.05, 3.63) is 18.2 Å². The van der Waals surface area contributed by atoms with E-state index in [2.05, 4.69) is 4.98 Å². The quantitative estimate of drug-likeness (QED) is 0.659. The van der Waals surface area contributed by atoms with E-state index in [0.29, 0.717) is 26.4 Å². The predicted octanol–water partition coefficient (Wildman–Crippen LogP) is 0.215. The number of hydrogen-bond acceptors (Lipinski definition) is 4. The van der Waals surface area contributed by atoms with E-state index in [0.717, 1.165) is 5.82 Å². The second kappa shape index (κ2) is 6.55. The maximum absolute atomic E-state index is 9.63. The summed E-state index contributed by atoms with van der Waals surface area (Å²) in [5.41, 5.74) is 0. The van der Waals surface area contributed by atoms with Crippen molar-refractivity contribution in [2.24, 2.45) is 0 Å². The van der Waals surface area contributed by atoms with Crippen molar-refractivity contribution in [1.82, 2.24) is 9.55 Å². The first-order valence-corrected chi connectivity index (χ1v) is 4.96. The molecule has 1 atom stereocenters. The lowest BCUT2D eigenvalue weighted by molar-refractivity contribution is 0.00702. The number of imidazole rings is 1. The van der Waals surface area contributed by atoms with Crippen molar-refractivity contribution in [2.75, 3.05) is 26.9 Å². The Morgan fingerprint density at radius 3 is 2.93 bits per heavy atom. The Morgan fingerprint density at radius 1 is 1.53 bits per heavy atom. The molecule has 1 rings (SSSR count). The summed E-state index contributed by atoms with van der Waals surface area (Å²) in [6, 6.07) is 0. The zero-order valence-corrected chi connectivity index (χ0v) is 9.22. The van der Waals surface area contributed by atoms with Crippen molar-refractivity contribution in [3.63, 3.8) is 0 Å². The first kappa shape index (κ1) is 12.2. The summed E-state index contributed by atoms with van der Waals surface area (Å²) in [6.07, 6.45) is 3.05. The molecule has 0 aliphatic rings. The Hall–Kier alpha value is -0.910. The van der Waals surface area contributed by atoms with Crippen LogP contribution in [0.2, 0.25) is 0 Å². The number of aliphatic hydroxyl groups is 1. The third-order valence-corrected chi connectivity index (χ3v) is 2.07. The SMILES string of the molecule is COCCOCC(O)Cn1ccnc1C. The van der Waals surface area contributed by atoms with Gasteiger partial charge in [-0.25, -0.2) is 4.98 Å². The molecule has 1 unspecified atom stereocenters. The third-order valence-electron chi connectivity index (χ3n) is 2.07. The smallest absolute Gasteiger partial charge is 0.105 e. The minimum atomic E-state index is -0.505. The molecule has 1 heterocycles. The van der Waals surface area contributed by atoms with E-state index in [9.17, 15) is 5.11 Å². The third kappa shape index (κ3) is 4.42. The summed E-state index contributed by atoms with van der Waals surface area (Å²) in [5.74, 6) is 0.894. The molecule has 0 bridgehead atoms. The second-order valence-electron chi connectivity index (χ2n) is 3.35. The van der Waals surface area contributed by atoms with Crippen molar-refractivity contribution < 1.29 is 14.6 Å². The van der Waals surface area contributed by atoms with Crippen LogP contribution in [0, 0.1) is 6.92 Å². The van der Waals surface area contributed by atoms with Gasteiger partial charge in [0.1, 0.15) is 5.82 Å². The molecule has 0 fully saturated rings. The van der Waals surface area contributed by atoms with Gasteiger partial charge in [0.2, 0.25) is 0 Å². The summed E-state index contributed by atoms with van der Waals surface area (Å²) in [5, 5.41) is 9.63. The summed E-state index contributed by atoms with van der Waals surface area (Å²) in [7, 11) is 1.62. The molecule has 5 nitrogen and oxygen atoms in total. The van der Waals surface area contributed by atoms with Crippen LogP contribution in [-0.2, 0) is 16.0 Å². The lowest BCUT2D eigenvalue weighted by Crippen LogP contribution is -2.23. The monoisotopic (exact) mass is 214 g/mol. The van der Waals surface area contributed by atoms with E-state index in [1.165, 1.54) is 0 Å². The van der Waals surface area contributed by atoms with E-state index in [-0.39, 0.29) is 0 Å². The Labute approximate surface area is 89.6 Å². The van der Waals surface area contributed by atoms with Crippen LogP contribution in [0.5, 0.6) is 0 Å². The maximum Gasteiger partial charge on any atom is 0.105 e. The Balaban J connectivity index is 2.18. The maximum atomic E-state index is 9.63. The first-order valence-electron chi connectivity index (χ1n) is 4.96. The number of rotatable bonds is 7. The van der Waals surface area contributed by atoms with Gasteiger partial charge >= 0.3 is 0 Å². The summed E-state index contributed by atoms with van der Waals surface area (Å²) < 4.78 is 11.9. The zero-order valence-electron chi connectivity index (χ0n) is 9.22. The summed E-state index contributed by atoms with van der Waals surface area (Å²) >= 11 is 0. The normalized spacial score (nSPS) is 13.0. The second-order valence-corrected chi connectivity index (χ2v) is 3.35. The van der Waals surface area contributed by atoms with Crippen LogP contribution in [0.3, 0.4) is 0 Å². The molecule has 1 aromatic heterocycles. The average Bonchev–Trinajstić information content (AvgIpc) is 2.59. The van der Waals surface area contributed by atoms with Crippen molar-refractivity contribution >= 4 is 0 Å². The predicted molar refractivity (Wildman–Crippen MR) is 55.7 cm³/mol. The summed E-state index contributed by atoms with van der Waals surface area (Å²) in [4.78, 5) is 4.07. The van der Waals surface area contributed by atoms with Crippen LogP contribution in [-0.4, -0.2) is 47.7 Å². The van der Waals surface area contributed by atoms with E-state index >= 15 is 0 Å². The lowest BCUT2D eigenvalue weighted by Gasteiger charge is -2.12. The Morgan fingerprint density at radius 2 is 2.33 bits per heavy atom. The fourth-order valence-corrected chi connectivity index (χ4v) is 1.24. The van der Waals surface area contributed by atoms with Gasteiger partial charge in [-0.1, -0.05) is 0 Å². The van der Waals surface area contributed by atoms with Crippen molar-refractivity contribution in [1.29, 1.82) is 0 Å². The molecule has 0 saturated heterocycles. The molecule has 0 aliphatic carbocycles. The number of nitrogens with zero attached hydrogens (tertiary/aromatic N) is 2. The zero-order chi connectivity index (χ0) is 11.1. The number of aromatic nitrogens is 2. The lowest BCUT2D eigenvalue weighted by atomic mass is 10.3. The van der Waals surface area contributed by atoms with Gasteiger partial charge in [0, 0.05) is 19.5 Å². The van der Waals surface area contributed by atoms with Gasteiger partial charge in [0.25, 0.3) is 0 Å². The molecule has 0 aliphatic heterocycles. The van der Waals surface area contributed by atoms with Gasteiger partial charge in [0.15, 0.2) is 0 Å². The number of hydrogen-bond donors (Lipinski definition) is 1. The highest BCUT2D eigenvalue weighted by molar-refractivity contribution is 4.88. The van der Waals surface area contributed by atoms with Crippen LogP contribution in [0.4, 0.5) is 0 Å². The topological polar surface area (TPSA) is 56.5 Å². The molecular formula is C10H18N2O3. The molecule has 1 N–H and O–H groups in total. The number of methoxy groups -OCH3 is 1. The molecule has 1 aromatic rings. The van der Waals surface area contributed by atoms with E-state index < -0.39 is 6.10 Å². The van der Waals surface area contributed by atoms with E-state index in [4.69, 9.17) is 9.47 Å². The number of aryl methyl sites for hydroxylation is 1. The largest absolute Gasteiger partial charge is 0.389 e. The van der Waals surface area contributed by atoms with Crippen LogP contribution < -0.4 is 0 Å². The molecule has 0 amide bonds. The van der Waals surface area contributed by atoms with Crippen LogP contribution in [0.15, 0.2) is 12.4 Å². The van der Waals surface area contributed by atoms with Gasteiger partial charge in [0.05, 0.1) is 32.5 Å². The van der Waals surface area contributed by atoms with Gasteiger partial charge in [-0.2, -0.15) is 0 Å². The molecule has 0 aromatic carbocycles. The molecule has 15 heavy (non-hydrogen) atoms. The fraction of sp³-hybridized carbons (Fsp3) is 0.700. The standard InChI is InChI=1S/C10H18N2O3/c1-9-11-3-4-12(9)7-10(13)8-15-6-5-14-2/h3-4,10,13H,5-8H2,1-2H3. The molecular weight excluding hydrogens is 196 g/mol.